The molecule has 4 heterocycles. The van der Waals surface area contributed by atoms with Crippen LogP contribution in [0.3, 0.4) is 0 Å². The van der Waals surface area contributed by atoms with Gasteiger partial charge in [0.15, 0.2) is 0 Å². The Bertz CT molecular complexity index is 2010. The molecule has 46 heavy (non-hydrogen) atoms. The number of hydrogen-bond donors (Lipinski definition) is 3. The van der Waals surface area contributed by atoms with Gasteiger partial charge in [-0.1, -0.05) is 31.5 Å². The Hall–Kier alpha value is -5.02. The van der Waals surface area contributed by atoms with Crippen molar-refractivity contribution in [2.45, 2.75) is 39.0 Å². The third-order valence-corrected chi connectivity index (χ3v) is 8.65. The lowest BCUT2D eigenvalue weighted by molar-refractivity contribution is -0.116. The Kier molecular flexibility index (Phi) is 8.48. The lowest BCUT2D eigenvalue weighted by atomic mass is 10.0. The van der Waals surface area contributed by atoms with Crippen molar-refractivity contribution in [3.05, 3.63) is 84.9 Å². The highest BCUT2D eigenvalue weighted by Crippen LogP contribution is 2.36. The van der Waals surface area contributed by atoms with Gasteiger partial charge in [0.05, 0.1) is 23.1 Å². The number of anilines is 1. The van der Waals surface area contributed by atoms with Gasteiger partial charge in [0.2, 0.25) is 5.91 Å². The van der Waals surface area contributed by atoms with Crippen molar-refractivity contribution in [1.29, 1.82) is 0 Å². The van der Waals surface area contributed by atoms with E-state index in [0.29, 0.717) is 24.5 Å². The number of pyridine rings is 1. The van der Waals surface area contributed by atoms with Gasteiger partial charge >= 0.3 is 0 Å². The normalized spacial score (nSPS) is 13.5. The van der Waals surface area contributed by atoms with E-state index in [2.05, 4.69) is 49.4 Å². The minimum absolute atomic E-state index is 0.00827. The summed E-state index contributed by atoms with van der Waals surface area (Å²) in [7, 11) is 0. The van der Waals surface area contributed by atoms with Crippen molar-refractivity contribution in [2.24, 2.45) is 0 Å². The van der Waals surface area contributed by atoms with Gasteiger partial charge in [-0.2, -0.15) is 5.10 Å². The van der Waals surface area contributed by atoms with E-state index in [-0.39, 0.29) is 11.7 Å². The molecule has 9 heteroatoms. The average Bonchev–Trinajstić information content (AvgIpc) is 3.83. The van der Waals surface area contributed by atoms with Gasteiger partial charge < -0.3 is 15.0 Å². The Labute approximate surface area is 267 Å². The number of carbonyl (C=O) groups excluding carboxylic acids is 1. The zero-order chi connectivity index (χ0) is 31.5. The van der Waals surface area contributed by atoms with E-state index < -0.39 is 0 Å². The number of unbranched alkanes of at least 4 members (excludes halogenated alkanes) is 1. The maximum atomic E-state index is 14.8. The number of H-pyrrole nitrogens is 2. The zero-order valence-electron chi connectivity index (χ0n) is 25.9. The van der Waals surface area contributed by atoms with Crippen molar-refractivity contribution in [1.82, 2.24) is 25.1 Å². The third-order valence-electron chi connectivity index (χ3n) is 8.65. The highest BCUT2D eigenvalue weighted by molar-refractivity contribution is 6.02. The van der Waals surface area contributed by atoms with Crippen molar-refractivity contribution < 1.29 is 13.9 Å². The van der Waals surface area contributed by atoms with Crippen LogP contribution in [0.25, 0.3) is 55.4 Å². The van der Waals surface area contributed by atoms with Gasteiger partial charge in [0.1, 0.15) is 23.9 Å². The van der Waals surface area contributed by atoms with Crippen LogP contribution in [0.2, 0.25) is 0 Å². The van der Waals surface area contributed by atoms with E-state index in [1.54, 1.807) is 18.5 Å². The first-order chi connectivity index (χ1) is 22.5. The molecule has 1 fully saturated rings. The molecule has 1 amide bonds. The first-order valence-electron chi connectivity index (χ1n) is 16.1. The van der Waals surface area contributed by atoms with Crippen LogP contribution in [0.4, 0.5) is 10.1 Å². The first-order valence-corrected chi connectivity index (χ1v) is 16.1. The van der Waals surface area contributed by atoms with Gasteiger partial charge in [-0.15, -0.1) is 0 Å². The first kappa shape index (κ1) is 29.7. The molecule has 0 saturated carbocycles. The van der Waals surface area contributed by atoms with E-state index in [1.807, 2.05) is 42.5 Å². The number of likely N-dealkylation sites (tertiary alicyclic amines) is 1. The lowest BCUT2D eigenvalue weighted by Crippen LogP contribution is -2.25. The van der Waals surface area contributed by atoms with E-state index in [1.165, 1.54) is 18.9 Å². The number of benzene rings is 3. The van der Waals surface area contributed by atoms with Gasteiger partial charge in [-0.25, -0.2) is 4.39 Å². The molecule has 234 valence electrons. The summed E-state index contributed by atoms with van der Waals surface area (Å²) in [6, 6.07) is 21.0. The second kappa shape index (κ2) is 13.1. The second-order valence-corrected chi connectivity index (χ2v) is 12.0. The molecule has 0 atom stereocenters. The van der Waals surface area contributed by atoms with Gasteiger partial charge in [0.25, 0.3) is 0 Å². The number of hydrogen-bond acceptors (Lipinski definition) is 5. The topological polar surface area (TPSA) is 98.9 Å². The number of rotatable bonds is 11. The predicted molar refractivity (Wildman–Crippen MR) is 181 cm³/mol. The van der Waals surface area contributed by atoms with E-state index in [4.69, 9.17) is 4.74 Å². The smallest absolute Gasteiger partial charge is 0.224 e. The Morgan fingerprint density at radius 3 is 2.72 bits per heavy atom. The van der Waals surface area contributed by atoms with Crippen molar-refractivity contribution in [3.8, 4) is 39.4 Å². The number of nitrogens with zero attached hydrogens (tertiary/aromatic N) is 3. The molecule has 8 nitrogen and oxygen atoms in total. The molecule has 0 radical (unpaired) electrons. The SMILES string of the molecule is CCCCC(=O)Nc1cncc(-c2ccc3[nH]nc(-c4cc5c(-c6cc(F)cc(OCCN7CCCC7)c6)cccc5[nH]4)c3c2)c1. The van der Waals surface area contributed by atoms with Gasteiger partial charge in [-0.05, 0) is 91.5 Å². The summed E-state index contributed by atoms with van der Waals surface area (Å²) in [5.74, 6) is 0.198. The van der Waals surface area contributed by atoms with Crippen LogP contribution in [0.5, 0.6) is 5.75 Å². The van der Waals surface area contributed by atoms with Crippen LogP contribution >= 0.6 is 0 Å². The number of fused-ring (bicyclic) bond motifs is 2. The summed E-state index contributed by atoms with van der Waals surface area (Å²) in [4.78, 5) is 22.6. The Balaban J connectivity index is 1.17. The van der Waals surface area contributed by atoms with Gasteiger partial charge in [0, 0.05) is 47.1 Å². The zero-order valence-corrected chi connectivity index (χ0v) is 25.9. The third kappa shape index (κ3) is 6.37. The molecule has 3 aromatic carbocycles. The Morgan fingerprint density at radius 2 is 1.85 bits per heavy atom. The minimum atomic E-state index is -0.327. The summed E-state index contributed by atoms with van der Waals surface area (Å²) in [6.07, 6.45) is 8.23. The summed E-state index contributed by atoms with van der Waals surface area (Å²) in [5.41, 5.74) is 7.65. The second-order valence-electron chi connectivity index (χ2n) is 12.0. The number of carbonyl (C=O) groups is 1. The molecule has 3 aromatic heterocycles. The summed E-state index contributed by atoms with van der Waals surface area (Å²) in [5, 5.41) is 12.7. The summed E-state index contributed by atoms with van der Waals surface area (Å²) >= 11 is 0. The van der Waals surface area contributed by atoms with Crippen LogP contribution in [-0.2, 0) is 4.79 Å². The van der Waals surface area contributed by atoms with Crippen molar-refractivity contribution >= 4 is 33.4 Å². The van der Waals surface area contributed by atoms with E-state index >= 15 is 0 Å². The standard InChI is InChI=1S/C37H37FN6O2/c1-2-3-9-36(45)40-28-17-26(22-39-23-28)24-10-11-34-32(19-24)37(43-42-34)35-21-31-30(7-6-8-33(31)41-35)25-16-27(38)20-29(18-25)46-15-14-44-12-4-5-13-44/h6-8,10-11,16-23,41H,2-5,9,12-15H2,1H3,(H,40,45)(H,42,43). The maximum Gasteiger partial charge on any atom is 0.224 e. The van der Waals surface area contributed by atoms with Crippen molar-refractivity contribution in [3.63, 3.8) is 0 Å². The molecular formula is C37H37FN6O2. The molecular weight excluding hydrogens is 579 g/mol. The summed E-state index contributed by atoms with van der Waals surface area (Å²) < 4.78 is 20.8. The van der Waals surface area contributed by atoms with E-state index in [9.17, 15) is 9.18 Å². The fourth-order valence-corrected chi connectivity index (χ4v) is 6.26. The summed E-state index contributed by atoms with van der Waals surface area (Å²) in [6.45, 7) is 5.65. The molecule has 0 bridgehead atoms. The van der Waals surface area contributed by atoms with Crippen molar-refractivity contribution in [2.75, 3.05) is 31.6 Å². The molecule has 1 saturated heterocycles. The number of nitrogens with one attached hydrogen (secondary N) is 3. The molecule has 6 aromatic rings. The van der Waals surface area contributed by atoms with Crippen LogP contribution in [0.15, 0.2) is 79.1 Å². The number of aromatic nitrogens is 4. The highest BCUT2D eigenvalue weighted by atomic mass is 19.1. The van der Waals surface area contributed by atoms with E-state index in [0.717, 1.165) is 87.9 Å². The Morgan fingerprint density at radius 1 is 0.957 bits per heavy atom. The van der Waals surface area contributed by atoms with Gasteiger partial charge in [-0.3, -0.25) is 19.8 Å². The maximum absolute atomic E-state index is 14.8. The van der Waals surface area contributed by atoms with Crippen LogP contribution in [0, 0.1) is 5.82 Å². The van der Waals surface area contributed by atoms with Crippen LogP contribution < -0.4 is 10.1 Å². The molecule has 7 rings (SSSR count). The number of ether oxygens (including phenoxy) is 1. The minimum Gasteiger partial charge on any atom is -0.492 e. The molecule has 0 unspecified atom stereocenters. The monoisotopic (exact) mass is 616 g/mol. The highest BCUT2D eigenvalue weighted by Gasteiger charge is 2.16. The fourth-order valence-electron chi connectivity index (χ4n) is 6.26. The number of aromatic amines is 2. The molecule has 3 N–H and O–H groups in total. The number of amides is 1. The lowest BCUT2D eigenvalue weighted by Gasteiger charge is -2.15. The van der Waals surface area contributed by atoms with Crippen LogP contribution in [0.1, 0.15) is 39.0 Å². The van der Waals surface area contributed by atoms with Crippen LogP contribution in [-0.4, -0.2) is 57.2 Å². The fraction of sp³-hybridized carbons (Fsp3) is 0.270. The molecule has 1 aliphatic heterocycles. The molecule has 1 aliphatic rings. The largest absolute Gasteiger partial charge is 0.492 e. The predicted octanol–water partition coefficient (Wildman–Crippen LogP) is 8.18. The molecule has 0 aliphatic carbocycles. The quantitative estimate of drug-likeness (QED) is 0.136. The molecule has 0 spiro atoms. The number of halogens is 1. The average molecular weight is 617 g/mol.